The normalized spacial score (nSPS) is 13.3. The highest BCUT2D eigenvalue weighted by molar-refractivity contribution is 7.89. The molecule has 47 heavy (non-hydrogen) atoms. The predicted molar refractivity (Wildman–Crippen MR) is 185 cm³/mol. The van der Waals surface area contributed by atoms with Crippen LogP contribution in [-0.4, -0.2) is 69.4 Å². The lowest BCUT2D eigenvalue weighted by molar-refractivity contribution is 0.0949. The van der Waals surface area contributed by atoms with E-state index < -0.39 is 10.0 Å². The van der Waals surface area contributed by atoms with Gasteiger partial charge in [-0.2, -0.15) is 0 Å². The van der Waals surface area contributed by atoms with Gasteiger partial charge in [0.05, 0.1) is 4.90 Å². The Labute approximate surface area is 277 Å². The minimum atomic E-state index is -3.78. The fourth-order valence-corrected chi connectivity index (χ4v) is 6.29. The van der Waals surface area contributed by atoms with Crippen molar-refractivity contribution in [2.75, 3.05) is 39.3 Å². The van der Waals surface area contributed by atoms with E-state index in [1.54, 1.807) is 17.0 Å². The molecular weight excluding hydrogens is 611 g/mol. The second-order valence-electron chi connectivity index (χ2n) is 11.9. The van der Waals surface area contributed by atoms with Gasteiger partial charge in [0.25, 0.3) is 5.91 Å². The molecule has 1 saturated heterocycles. The number of sulfonamides is 1. The molecule has 0 spiro atoms. The van der Waals surface area contributed by atoms with Crippen LogP contribution in [0.15, 0.2) is 108 Å². The lowest BCUT2D eigenvalue weighted by Gasteiger charge is -2.24. The summed E-state index contributed by atoms with van der Waals surface area (Å²) < 4.78 is 23.3. The van der Waals surface area contributed by atoms with Gasteiger partial charge in [-0.1, -0.05) is 72.8 Å². The topological polar surface area (TPSA) is 125 Å². The Balaban J connectivity index is 1.26. The number of urea groups is 1. The Morgan fingerprint density at radius 1 is 0.723 bits per heavy atom. The van der Waals surface area contributed by atoms with E-state index in [1.165, 1.54) is 25.0 Å². The zero-order chi connectivity index (χ0) is 33.1. The molecule has 1 fully saturated rings. The Morgan fingerprint density at radius 3 is 2.11 bits per heavy atom. The number of nitrogens with zero attached hydrogens (tertiary/aromatic N) is 2. The predicted octanol–water partition coefficient (Wildman–Crippen LogP) is 4.82. The third kappa shape index (κ3) is 10.2. The van der Waals surface area contributed by atoms with Crippen LogP contribution in [0, 0.1) is 0 Å². The summed E-state index contributed by atoms with van der Waals surface area (Å²) in [6, 6.07) is 31.9. The molecule has 1 aliphatic rings. The molecule has 0 radical (unpaired) electrons. The molecule has 4 aromatic carbocycles. The Morgan fingerprint density at radius 2 is 1.38 bits per heavy atom. The molecule has 246 valence electrons. The number of nitrogens with one attached hydrogen (secondary N) is 2. The first kappa shape index (κ1) is 33.8. The number of amides is 3. The molecule has 1 aliphatic heterocycles. The van der Waals surface area contributed by atoms with E-state index in [4.69, 9.17) is 5.14 Å². The van der Waals surface area contributed by atoms with Gasteiger partial charge in [-0.3, -0.25) is 4.79 Å². The summed E-state index contributed by atoms with van der Waals surface area (Å²) in [4.78, 5) is 30.6. The molecule has 4 N–H and O–H groups in total. The van der Waals surface area contributed by atoms with E-state index in [0.717, 1.165) is 47.5 Å². The highest BCUT2D eigenvalue weighted by Crippen LogP contribution is 2.23. The average Bonchev–Trinajstić information content (AvgIpc) is 3.61. The number of primary sulfonamides is 1. The molecule has 5 rings (SSSR count). The van der Waals surface area contributed by atoms with E-state index in [-0.39, 0.29) is 16.8 Å². The lowest BCUT2D eigenvalue weighted by Crippen LogP contribution is -2.41. The van der Waals surface area contributed by atoms with Crippen LogP contribution in [-0.2, 0) is 29.4 Å². The van der Waals surface area contributed by atoms with Gasteiger partial charge in [-0.15, -0.1) is 0 Å². The standard InChI is InChI=1S/C37H43N5O4S/c38-47(45,46)35-16-14-30(15-17-35)19-24-42(37(44)40-20-18-29-8-2-1-3-9-29)28-31-10-6-11-32(26-31)33-12-7-13-34(27-33)36(43)39-21-25-41-22-4-5-23-41/h1-3,6-17,26-27H,4-5,18-25,28H2,(H,39,43)(H,40,44)(H2,38,45,46). The minimum absolute atomic E-state index is 0.0530. The van der Waals surface area contributed by atoms with Crippen molar-refractivity contribution < 1.29 is 18.0 Å². The van der Waals surface area contributed by atoms with Crippen molar-refractivity contribution in [2.24, 2.45) is 5.14 Å². The first-order valence-electron chi connectivity index (χ1n) is 16.1. The van der Waals surface area contributed by atoms with Gasteiger partial charge >= 0.3 is 6.03 Å². The Bertz CT molecular complexity index is 1740. The van der Waals surface area contributed by atoms with Gasteiger partial charge in [0.2, 0.25) is 10.0 Å². The molecule has 0 saturated carbocycles. The number of hydrogen-bond acceptors (Lipinski definition) is 5. The van der Waals surface area contributed by atoms with Gasteiger partial charge in [0.15, 0.2) is 0 Å². The van der Waals surface area contributed by atoms with Crippen molar-refractivity contribution in [1.82, 2.24) is 20.4 Å². The van der Waals surface area contributed by atoms with Crippen LogP contribution in [0.2, 0.25) is 0 Å². The molecule has 0 atom stereocenters. The summed E-state index contributed by atoms with van der Waals surface area (Å²) in [6.45, 7) is 4.98. The van der Waals surface area contributed by atoms with Gasteiger partial charge in [0.1, 0.15) is 0 Å². The van der Waals surface area contributed by atoms with Crippen molar-refractivity contribution in [3.63, 3.8) is 0 Å². The summed E-state index contributed by atoms with van der Waals surface area (Å²) in [6.07, 6.45) is 3.70. The molecule has 1 heterocycles. The Hall–Kier alpha value is -4.51. The van der Waals surface area contributed by atoms with Gasteiger partial charge in [-0.05, 0) is 96.9 Å². The second kappa shape index (κ2) is 16.4. The van der Waals surface area contributed by atoms with E-state index in [0.29, 0.717) is 44.6 Å². The maximum atomic E-state index is 13.5. The third-order valence-electron chi connectivity index (χ3n) is 8.41. The molecule has 0 aliphatic carbocycles. The first-order valence-corrected chi connectivity index (χ1v) is 17.7. The van der Waals surface area contributed by atoms with E-state index in [1.807, 2.05) is 72.8 Å². The van der Waals surface area contributed by atoms with E-state index in [2.05, 4.69) is 21.6 Å². The zero-order valence-corrected chi connectivity index (χ0v) is 27.4. The van der Waals surface area contributed by atoms with Crippen LogP contribution >= 0.6 is 0 Å². The number of nitrogens with two attached hydrogens (primary N) is 1. The molecular formula is C37H43N5O4S. The molecule has 0 aromatic heterocycles. The molecule has 9 nitrogen and oxygen atoms in total. The summed E-state index contributed by atoms with van der Waals surface area (Å²) in [5.74, 6) is -0.0855. The van der Waals surface area contributed by atoms with Gasteiger partial charge in [0, 0.05) is 38.3 Å². The second-order valence-corrected chi connectivity index (χ2v) is 13.5. The zero-order valence-electron chi connectivity index (χ0n) is 26.6. The smallest absolute Gasteiger partial charge is 0.317 e. The van der Waals surface area contributed by atoms with Crippen molar-refractivity contribution in [2.45, 2.75) is 37.1 Å². The van der Waals surface area contributed by atoms with Crippen LogP contribution in [0.1, 0.15) is 39.9 Å². The maximum absolute atomic E-state index is 13.5. The van der Waals surface area contributed by atoms with Gasteiger partial charge < -0.3 is 20.4 Å². The largest absolute Gasteiger partial charge is 0.351 e. The Kier molecular flexibility index (Phi) is 11.8. The quantitative estimate of drug-likeness (QED) is 0.180. The first-order chi connectivity index (χ1) is 22.7. The molecule has 0 bridgehead atoms. The number of carbonyl (C=O) groups is 2. The molecule has 0 unspecified atom stereocenters. The van der Waals surface area contributed by atoms with Crippen LogP contribution in [0.25, 0.3) is 11.1 Å². The number of hydrogen-bond donors (Lipinski definition) is 3. The van der Waals surface area contributed by atoms with Crippen molar-refractivity contribution in [3.05, 3.63) is 125 Å². The van der Waals surface area contributed by atoms with E-state index in [9.17, 15) is 18.0 Å². The highest BCUT2D eigenvalue weighted by atomic mass is 32.2. The fourth-order valence-electron chi connectivity index (χ4n) is 5.78. The highest BCUT2D eigenvalue weighted by Gasteiger charge is 2.16. The number of rotatable bonds is 14. The molecule has 3 amide bonds. The number of benzene rings is 4. The lowest BCUT2D eigenvalue weighted by atomic mass is 10.0. The van der Waals surface area contributed by atoms with Crippen molar-refractivity contribution in [3.8, 4) is 11.1 Å². The summed E-state index contributed by atoms with van der Waals surface area (Å²) >= 11 is 0. The van der Waals surface area contributed by atoms with E-state index >= 15 is 0 Å². The summed E-state index contributed by atoms with van der Waals surface area (Å²) in [5, 5.41) is 11.4. The van der Waals surface area contributed by atoms with Crippen molar-refractivity contribution in [1.29, 1.82) is 0 Å². The minimum Gasteiger partial charge on any atom is -0.351 e. The summed E-state index contributed by atoms with van der Waals surface area (Å²) in [7, 11) is -3.78. The molecule has 4 aromatic rings. The van der Waals surface area contributed by atoms with Crippen LogP contribution in [0.5, 0.6) is 0 Å². The van der Waals surface area contributed by atoms with Crippen LogP contribution < -0.4 is 15.8 Å². The summed E-state index contributed by atoms with van der Waals surface area (Å²) in [5.41, 5.74) is 5.48. The maximum Gasteiger partial charge on any atom is 0.317 e. The fraction of sp³-hybridized carbons (Fsp3) is 0.297. The SMILES string of the molecule is NS(=O)(=O)c1ccc(CCN(Cc2cccc(-c3cccc(C(=O)NCCN4CCCC4)c3)c2)C(=O)NCCc2ccccc2)cc1. The van der Waals surface area contributed by atoms with Crippen LogP contribution in [0.4, 0.5) is 4.79 Å². The van der Waals surface area contributed by atoms with Gasteiger partial charge in [-0.25, -0.2) is 18.4 Å². The monoisotopic (exact) mass is 653 g/mol. The molecule has 10 heteroatoms. The number of carbonyl (C=O) groups excluding carboxylic acids is 2. The number of likely N-dealkylation sites (tertiary alicyclic amines) is 1. The third-order valence-corrected chi connectivity index (χ3v) is 9.34. The van der Waals surface area contributed by atoms with Crippen molar-refractivity contribution >= 4 is 22.0 Å². The average molecular weight is 654 g/mol. The van der Waals surface area contributed by atoms with Crippen LogP contribution in [0.3, 0.4) is 0 Å².